The van der Waals surface area contributed by atoms with Gasteiger partial charge in [0.05, 0.1) is 13.2 Å². The molecule has 1 aromatic rings. The third-order valence-electron chi connectivity index (χ3n) is 5.26. The molecule has 8 heteroatoms. The number of methoxy groups -OCH3 is 1. The Balaban J connectivity index is 1.96. The van der Waals surface area contributed by atoms with E-state index in [0.29, 0.717) is 37.9 Å². The molecule has 1 saturated carbocycles. The summed E-state index contributed by atoms with van der Waals surface area (Å²) in [5.74, 6) is -0.0735. The van der Waals surface area contributed by atoms with Crippen LogP contribution in [-0.2, 0) is 14.8 Å². The number of carbonyl (C=O) groups excluding carboxylic acids is 1. The van der Waals surface area contributed by atoms with Crippen LogP contribution in [0.2, 0.25) is 0 Å². The second-order valence-corrected chi connectivity index (χ2v) is 9.10. The number of sulfonamides is 1. The van der Waals surface area contributed by atoms with Gasteiger partial charge in [-0.05, 0) is 37.5 Å². The largest absolute Gasteiger partial charge is 0.495 e. The monoisotopic (exact) mass is 426 g/mol. The molecule has 1 N–H and O–H groups in total. The number of nitrogens with zero attached hydrogens (tertiary/aromatic N) is 1. The lowest BCUT2D eigenvalue weighted by molar-refractivity contribution is 0.0273. The molecule has 0 heterocycles. The van der Waals surface area contributed by atoms with E-state index in [4.69, 9.17) is 9.47 Å². The first-order chi connectivity index (χ1) is 13.9. The molecule has 0 aromatic heterocycles. The average molecular weight is 427 g/mol. The van der Waals surface area contributed by atoms with E-state index in [2.05, 4.69) is 5.32 Å². The van der Waals surface area contributed by atoms with E-state index in [1.807, 2.05) is 0 Å². The number of carbonyl (C=O) groups is 1. The Morgan fingerprint density at radius 3 is 2.48 bits per heavy atom. The lowest BCUT2D eigenvalue weighted by atomic mass is 9.98. The first-order valence-electron chi connectivity index (χ1n) is 10.5. The third kappa shape index (κ3) is 6.42. The summed E-state index contributed by atoms with van der Waals surface area (Å²) in [4.78, 5) is 12.5. The smallest absolute Gasteiger partial charge is 0.251 e. The van der Waals surface area contributed by atoms with Crippen molar-refractivity contribution in [3.05, 3.63) is 23.8 Å². The normalized spacial score (nSPS) is 15.4. The molecule has 29 heavy (non-hydrogen) atoms. The maximum Gasteiger partial charge on any atom is 0.251 e. The molecule has 1 fully saturated rings. The van der Waals surface area contributed by atoms with Gasteiger partial charge in [0.15, 0.2) is 0 Å². The Labute approximate surface area is 174 Å². The van der Waals surface area contributed by atoms with Gasteiger partial charge in [0, 0.05) is 31.8 Å². The Morgan fingerprint density at radius 1 is 1.17 bits per heavy atom. The van der Waals surface area contributed by atoms with E-state index in [1.165, 1.54) is 42.8 Å². The van der Waals surface area contributed by atoms with Crippen molar-refractivity contribution in [3.63, 3.8) is 0 Å². The van der Waals surface area contributed by atoms with Crippen molar-refractivity contribution in [2.45, 2.75) is 63.4 Å². The van der Waals surface area contributed by atoms with Crippen LogP contribution in [0.4, 0.5) is 0 Å². The topological polar surface area (TPSA) is 84.9 Å². The molecule has 7 nitrogen and oxygen atoms in total. The average Bonchev–Trinajstić information content (AvgIpc) is 2.74. The van der Waals surface area contributed by atoms with Gasteiger partial charge in [-0.25, -0.2) is 8.42 Å². The maximum absolute atomic E-state index is 12.9. The molecular weight excluding hydrogens is 392 g/mol. The lowest BCUT2D eigenvalue weighted by Gasteiger charge is -2.22. The van der Waals surface area contributed by atoms with Gasteiger partial charge in [-0.3, -0.25) is 4.79 Å². The van der Waals surface area contributed by atoms with Crippen molar-refractivity contribution in [1.29, 1.82) is 0 Å². The van der Waals surface area contributed by atoms with E-state index in [1.54, 1.807) is 19.9 Å². The van der Waals surface area contributed by atoms with E-state index in [-0.39, 0.29) is 16.6 Å². The van der Waals surface area contributed by atoms with E-state index in [0.717, 1.165) is 19.3 Å². The van der Waals surface area contributed by atoms with Crippen molar-refractivity contribution in [2.24, 2.45) is 0 Å². The maximum atomic E-state index is 12.9. The van der Waals surface area contributed by atoms with Crippen molar-refractivity contribution >= 4 is 15.9 Å². The van der Waals surface area contributed by atoms with Crippen LogP contribution >= 0.6 is 0 Å². The summed E-state index contributed by atoms with van der Waals surface area (Å²) in [7, 11) is -2.31. The van der Waals surface area contributed by atoms with Gasteiger partial charge >= 0.3 is 0 Å². The van der Waals surface area contributed by atoms with Gasteiger partial charge in [-0.2, -0.15) is 4.31 Å². The molecular formula is C21H34N2O5S. The summed E-state index contributed by atoms with van der Waals surface area (Å²) >= 11 is 0. The summed E-state index contributed by atoms with van der Waals surface area (Å²) in [6, 6.07) is 4.49. The molecule has 2 rings (SSSR count). The highest BCUT2D eigenvalue weighted by Gasteiger charge is 2.26. The highest BCUT2D eigenvalue weighted by Crippen LogP contribution is 2.28. The number of rotatable bonds is 11. The highest BCUT2D eigenvalue weighted by molar-refractivity contribution is 7.89. The predicted molar refractivity (Wildman–Crippen MR) is 113 cm³/mol. The Bertz CT molecular complexity index is 756. The van der Waals surface area contributed by atoms with Crippen molar-refractivity contribution in [2.75, 3.05) is 33.4 Å². The van der Waals surface area contributed by atoms with Crippen molar-refractivity contribution < 1.29 is 22.7 Å². The van der Waals surface area contributed by atoms with Crippen LogP contribution in [0.25, 0.3) is 0 Å². The van der Waals surface area contributed by atoms with Crippen molar-refractivity contribution in [1.82, 2.24) is 9.62 Å². The van der Waals surface area contributed by atoms with Gasteiger partial charge in [-0.15, -0.1) is 0 Å². The summed E-state index contributed by atoms with van der Waals surface area (Å²) < 4.78 is 38.2. The zero-order valence-corrected chi connectivity index (χ0v) is 18.6. The number of nitrogens with one attached hydrogen (secondary N) is 1. The summed E-state index contributed by atoms with van der Waals surface area (Å²) in [5.41, 5.74) is 0.296. The molecule has 1 aliphatic carbocycles. The summed E-state index contributed by atoms with van der Waals surface area (Å²) in [5, 5.41) is 2.84. The molecule has 0 spiro atoms. The van der Waals surface area contributed by atoms with Crippen molar-refractivity contribution in [3.8, 4) is 5.75 Å². The molecule has 0 bridgehead atoms. The van der Waals surface area contributed by atoms with Crippen LogP contribution in [-0.4, -0.2) is 58.1 Å². The second kappa shape index (κ2) is 11.5. The molecule has 1 aliphatic rings. The zero-order chi connectivity index (χ0) is 21.3. The fourth-order valence-electron chi connectivity index (χ4n) is 3.58. The minimum Gasteiger partial charge on any atom is -0.495 e. The van der Waals surface area contributed by atoms with Gasteiger partial charge in [0.25, 0.3) is 5.91 Å². The SMILES string of the molecule is CCN(CC)S(=O)(=O)c1cc(C(=O)NCCCOC2CCCCC2)ccc1OC. The molecule has 1 amide bonds. The number of hydrogen-bond donors (Lipinski definition) is 1. The Hall–Kier alpha value is -1.64. The second-order valence-electron chi connectivity index (χ2n) is 7.20. The van der Waals surface area contributed by atoms with E-state index in [9.17, 15) is 13.2 Å². The minimum absolute atomic E-state index is 0.0111. The zero-order valence-electron chi connectivity index (χ0n) is 17.8. The predicted octanol–water partition coefficient (Wildman–Crippen LogP) is 3.19. The van der Waals surface area contributed by atoms with Gasteiger partial charge in [-0.1, -0.05) is 33.1 Å². The fraction of sp³-hybridized carbons (Fsp3) is 0.667. The number of ether oxygens (including phenoxy) is 2. The quantitative estimate of drug-likeness (QED) is 0.549. The van der Waals surface area contributed by atoms with E-state index < -0.39 is 10.0 Å². The van der Waals surface area contributed by atoms with Gasteiger partial charge in [0.1, 0.15) is 10.6 Å². The van der Waals surface area contributed by atoms with Gasteiger partial charge < -0.3 is 14.8 Å². The summed E-state index contributed by atoms with van der Waals surface area (Å²) in [6.07, 6.45) is 7.10. The molecule has 0 saturated heterocycles. The van der Waals surface area contributed by atoms with Crippen LogP contribution < -0.4 is 10.1 Å². The molecule has 0 unspecified atom stereocenters. The minimum atomic E-state index is -3.73. The van der Waals surface area contributed by atoms with Crippen LogP contribution in [0.5, 0.6) is 5.75 Å². The first kappa shape index (κ1) is 23.6. The standard InChI is InChI=1S/C21H34N2O5S/c1-4-23(5-2)29(25,26)20-16-17(12-13-19(20)27-3)21(24)22-14-9-15-28-18-10-7-6-8-11-18/h12-13,16,18H,4-11,14-15H2,1-3H3,(H,22,24). The number of benzene rings is 1. The first-order valence-corrected chi connectivity index (χ1v) is 12.0. The number of amides is 1. The fourth-order valence-corrected chi connectivity index (χ4v) is 5.22. The van der Waals surface area contributed by atoms with Crippen LogP contribution in [0, 0.1) is 0 Å². The number of hydrogen-bond acceptors (Lipinski definition) is 5. The lowest BCUT2D eigenvalue weighted by Crippen LogP contribution is -2.31. The molecule has 0 aliphatic heterocycles. The Morgan fingerprint density at radius 2 is 1.86 bits per heavy atom. The molecule has 1 aromatic carbocycles. The van der Waals surface area contributed by atoms with E-state index >= 15 is 0 Å². The molecule has 0 radical (unpaired) electrons. The third-order valence-corrected chi connectivity index (χ3v) is 7.33. The van der Waals surface area contributed by atoms with Crippen LogP contribution in [0.1, 0.15) is 62.7 Å². The highest BCUT2D eigenvalue weighted by atomic mass is 32.2. The molecule has 0 atom stereocenters. The van der Waals surface area contributed by atoms with Gasteiger partial charge in [0.2, 0.25) is 10.0 Å². The summed E-state index contributed by atoms with van der Waals surface area (Å²) in [6.45, 7) is 5.35. The van der Waals surface area contributed by atoms with Crippen LogP contribution in [0.3, 0.4) is 0 Å². The molecule has 164 valence electrons. The Kier molecular flexibility index (Phi) is 9.39. The van der Waals surface area contributed by atoms with Crippen LogP contribution in [0.15, 0.2) is 23.1 Å².